The molecule has 0 aliphatic heterocycles. The lowest BCUT2D eigenvalue weighted by Crippen LogP contribution is -2.35. The minimum Gasteiger partial charge on any atom is -0.508 e. The van der Waals surface area contributed by atoms with Crippen molar-refractivity contribution in [2.45, 2.75) is 32.9 Å². The Kier molecular flexibility index (Phi) is 3.36. The van der Waals surface area contributed by atoms with Gasteiger partial charge in [0.15, 0.2) is 0 Å². The van der Waals surface area contributed by atoms with E-state index < -0.39 is 0 Å². The highest BCUT2D eigenvalue weighted by Gasteiger charge is 2.07. The summed E-state index contributed by atoms with van der Waals surface area (Å²) in [6.07, 6.45) is 0. The molecule has 0 saturated heterocycles. The molecule has 3 heteroatoms. The predicted molar refractivity (Wildman–Crippen MR) is 59.6 cm³/mol. The van der Waals surface area contributed by atoms with Crippen molar-refractivity contribution in [3.8, 4) is 5.75 Å². The van der Waals surface area contributed by atoms with Crippen LogP contribution in [-0.4, -0.2) is 17.2 Å². The first-order chi connectivity index (χ1) is 6.50. The molecule has 2 unspecified atom stereocenters. The van der Waals surface area contributed by atoms with Crippen LogP contribution in [0.25, 0.3) is 0 Å². The molecule has 2 atom stereocenters. The summed E-state index contributed by atoms with van der Waals surface area (Å²) >= 11 is 0. The van der Waals surface area contributed by atoms with Crippen molar-refractivity contribution in [2.24, 2.45) is 5.73 Å². The summed E-state index contributed by atoms with van der Waals surface area (Å²) in [4.78, 5) is 0. The maximum Gasteiger partial charge on any atom is 0.118 e. The Morgan fingerprint density at radius 1 is 1.36 bits per heavy atom. The van der Waals surface area contributed by atoms with Crippen LogP contribution in [-0.2, 0) is 0 Å². The standard InChI is InChI=1S/C11H18N2O/c1-7-6-10(4-5-11(7)14)13-9(3)8(2)12/h4-6,8-9,13-14H,12H2,1-3H3. The lowest BCUT2D eigenvalue weighted by atomic mass is 10.1. The Bertz CT molecular complexity index is 310. The SMILES string of the molecule is Cc1cc(NC(C)C(C)N)ccc1O. The number of nitrogens with two attached hydrogens (primary N) is 1. The van der Waals surface area contributed by atoms with E-state index in [-0.39, 0.29) is 12.1 Å². The Hall–Kier alpha value is -1.22. The largest absolute Gasteiger partial charge is 0.508 e. The minimum absolute atomic E-state index is 0.101. The summed E-state index contributed by atoms with van der Waals surface area (Å²) in [5.74, 6) is 0.323. The quantitative estimate of drug-likeness (QED) is 0.643. The number of phenols is 1. The Balaban J connectivity index is 2.73. The lowest BCUT2D eigenvalue weighted by molar-refractivity contribution is 0.471. The Morgan fingerprint density at radius 2 is 2.00 bits per heavy atom. The van der Waals surface area contributed by atoms with Gasteiger partial charge in [-0.25, -0.2) is 0 Å². The van der Waals surface area contributed by atoms with Crippen LogP contribution < -0.4 is 11.1 Å². The fraction of sp³-hybridized carbons (Fsp3) is 0.455. The number of benzene rings is 1. The van der Waals surface area contributed by atoms with Gasteiger partial charge in [0.2, 0.25) is 0 Å². The summed E-state index contributed by atoms with van der Waals surface area (Å²) < 4.78 is 0. The fourth-order valence-corrected chi connectivity index (χ4v) is 1.14. The van der Waals surface area contributed by atoms with Crippen molar-refractivity contribution in [1.82, 2.24) is 0 Å². The van der Waals surface area contributed by atoms with Crippen LogP contribution in [0.15, 0.2) is 18.2 Å². The molecule has 1 aromatic carbocycles. The molecule has 1 rings (SSSR count). The molecule has 0 radical (unpaired) electrons. The molecule has 0 amide bonds. The van der Waals surface area contributed by atoms with Gasteiger partial charge >= 0.3 is 0 Å². The molecule has 0 fully saturated rings. The number of anilines is 1. The van der Waals surface area contributed by atoms with Gasteiger partial charge in [-0.2, -0.15) is 0 Å². The zero-order chi connectivity index (χ0) is 10.7. The first-order valence-corrected chi connectivity index (χ1v) is 4.82. The number of aryl methyl sites for hydroxylation is 1. The van der Waals surface area contributed by atoms with E-state index in [1.165, 1.54) is 0 Å². The molecule has 0 bridgehead atoms. The highest BCUT2D eigenvalue weighted by Crippen LogP contribution is 2.20. The van der Waals surface area contributed by atoms with Crippen molar-refractivity contribution >= 4 is 5.69 Å². The van der Waals surface area contributed by atoms with Crippen LogP contribution in [0.2, 0.25) is 0 Å². The molecule has 0 aromatic heterocycles. The number of phenolic OH excluding ortho intramolecular Hbond substituents is 1. The molecule has 1 aromatic rings. The van der Waals surface area contributed by atoms with Crippen LogP contribution >= 0.6 is 0 Å². The van der Waals surface area contributed by atoms with Crippen molar-refractivity contribution in [2.75, 3.05) is 5.32 Å². The van der Waals surface area contributed by atoms with Crippen molar-refractivity contribution in [3.63, 3.8) is 0 Å². The number of nitrogens with one attached hydrogen (secondary N) is 1. The smallest absolute Gasteiger partial charge is 0.118 e. The molecule has 0 spiro atoms. The summed E-state index contributed by atoms with van der Waals surface area (Å²) in [6, 6.07) is 5.77. The zero-order valence-corrected chi connectivity index (χ0v) is 8.91. The van der Waals surface area contributed by atoms with E-state index in [2.05, 4.69) is 5.32 Å². The maximum absolute atomic E-state index is 9.33. The average Bonchev–Trinajstić information content (AvgIpc) is 2.11. The first-order valence-electron chi connectivity index (χ1n) is 4.82. The normalized spacial score (nSPS) is 14.9. The van der Waals surface area contributed by atoms with Gasteiger partial charge in [-0.15, -0.1) is 0 Å². The summed E-state index contributed by atoms with van der Waals surface area (Å²) in [6.45, 7) is 5.87. The van der Waals surface area contributed by atoms with Crippen LogP contribution in [0.5, 0.6) is 5.75 Å². The topological polar surface area (TPSA) is 58.3 Å². The predicted octanol–water partition coefficient (Wildman–Crippen LogP) is 1.85. The molecule has 0 saturated carbocycles. The third-order valence-corrected chi connectivity index (χ3v) is 2.38. The van der Waals surface area contributed by atoms with E-state index in [1.54, 1.807) is 6.07 Å². The average molecular weight is 194 g/mol. The van der Waals surface area contributed by atoms with Gasteiger partial charge < -0.3 is 16.2 Å². The van der Waals surface area contributed by atoms with E-state index in [9.17, 15) is 5.11 Å². The zero-order valence-electron chi connectivity index (χ0n) is 8.91. The summed E-state index contributed by atoms with van der Waals surface area (Å²) in [5.41, 5.74) is 7.60. The van der Waals surface area contributed by atoms with Crippen molar-refractivity contribution in [1.29, 1.82) is 0 Å². The van der Waals surface area contributed by atoms with Crippen LogP contribution in [0.4, 0.5) is 5.69 Å². The monoisotopic (exact) mass is 194 g/mol. The van der Waals surface area contributed by atoms with Crippen LogP contribution in [0.3, 0.4) is 0 Å². The second-order valence-electron chi connectivity index (χ2n) is 3.79. The number of hydrogen-bond acceptors (Lipinski definition) is 3. The van der Waals surface area contributed by atoms with E-state index in [4.69, 9.17) is 5.73 Å². The van der Waals surface area contributed by atoms with Gasteiger partial charge in [-0.1, -0.05) is 0 Å². The number of aromatic hydroxyl groups is 1. The minimum atomic E-state index is 0.101. The molecule has 3 nitrogen and oxygen atoms in total. The second-order valence-corrected chi connectivity index (χ2v) is 3.79. The Morgan fingerprint density at radius 3 is 2.50 bits per heavy atom. The number of hydrogen-bond donors (Lipinski definition) is 3. The highest BCUT2D eigenvalue weighted by molar-refractivity contribution is 5.50. The number of rotatable bonds is 3. The van der Waals surface area contributed by atoms with Gasteiger partial charge in [0, 0.05) is 17.8 Å². The van der Waals surface area contributed by atoms with Gasteiger partial charge in [-0.05, 0) is 44.5 Å². The van der Waals surface area contributed by atoms with E-state index in [0.717, 1.165) is 11.3 Å². The van der Waals surface area contributed by atoms with Crippen molar-refractivity contribution in [3.05, 3.63) is 23.8 Å². The lowest BCUT2D eigenvalue weighted by Gasteiger charge is -2.19. The van der Waals surface area contributed by atoms with Gasteiger partial charge in [0.1, 0.15) is 5.75 Å². The van der Waals surface area contributed by atoms with Crippen LogP contribution in [0, 0.1) is 6.92 Å². The molecule has 0 aliphatic rings. The second kappa shape index (κ2) is 4.33. The Labute approximate surface area is 84.9 Å². The summed E-state index contributed by atoms with van der Waals surface area (Å²) in [7, 11) is 0. The van der Waals surface area contributed by atoms with E-state index in [1.807, 2.05) is 32.9 Å². The van der Waals surface area contributed by atoms with Gasteiger partial charge in [-0.3, -0.25) is 0 Å². The molecule has 4 N–H and O–H groups in total. The summed E-state index contributed by atoms with van der Waals surface area (Å²) in [5, 5.41) is 12.6. The first kappa shape index (κ1) is 10.9. The molecule has 78 valence electrons. The molecule has 14 heavy (non-hydrogen) atoms. The molecule has 0 aliphatic carbocycles. The van der Waals surface area contributed by atoms with E-state index in [0.29, 0.717) is 5.75 Å². The third kappa shape index (κ3) is 2.64. The molecular formula is C11H18N2O. The molecule has 0 heterocycles. The van der Waals surface area contributed by atoms with Gasteiger partial charge in [0.05, 0.1) is 0 Å². The third-order valence-electron chi connectivity index (χ3n) is 2.38. The maximum atomic E-state index is 9.33. The van der Waals surface area contributed by atoms with Crippen molar-refractivity contribution < 1.29 is 5.11 Å². The highest BCUT2D eigenvalue weighted by atomic mass is 16.3. The van der Waals surface area contributed by atoms with E-state index >= 15 is 0 Å². The fourth-order valence-electron chi connectivity index (χ4n) is 1.14. The van der Waals surface area contributed by atoms with Gasteiger partial charge in [0.25, 0.3) is 0 Å². The van der Waals surface area contributed by atoms with Crippen LogP contribution in [0.1, 0.15) is 19.4 Å². The molecular weight excluding hydrogens is 176 g/mol.